The van der Waals surface area contributed by atoms with Crippen molar-refractivity contribution in [3.8, 4) is 17.1 Å². The molecule has 3 aromatic heterocycles. The van der Waals surface area contributed by atoms with E-state index in [0.29, 0.717) is 16.1 Å². The summed E-state index contributed by atoms with van der Waals surface area (Å²) in [5.41, 5.74) is 3.80. The number of carbonyl (C=O) groups is 1. The van der Waals surface area contributed by atoms with Crippen molar-refractivity contribution in [1.29, 1.82) is 0 Å². The van der Waals surface area contributed by atoms with Gasteiger partial charge < -0.3 is 5.32 Å². The third-order valence-electron chi connectivity index (χ3n) is 4.11. The van der Waals surface area contributed by atoms with Crippen molar-refractivity contribution < 1.29 is 4.79 Å². The van der Waals surface area contributed by atoms with Crippen LogP contribution in [-0.2, 0) is 4.79 Å². The third-order valence-corrected chi connectivity index (χ3v) is 5.91. The highest BCUT2D eigenvalue weighted by Crippen LogP contribution is 2.29. The van der Waals surface area contributed by atoms with Crippen LogP contribution in [0.15, 0.2) is 59.3 Å². The molecule has 0 aliphatic rings. The first-order valence-corrected chi connectivity index (χ1v) is 10.7. The zero-order valence-corrected chi connectivity index (χ0v) is 17.5. The highest BCUT2D eigenvalue weighted by Gasteiger charge is 2.18. The minimum atomic E-state index is -0.133. The molecule has 1 amide bonds. The number of amides is 1. The van der Waals surface area contributed by atoms with E-state index in [4.69, 9.17) is 0 Å². The first-order valence-electron chi connectivity index (χ1n) is 8.88. The molecular weight excluding hydrogens is 404 g/mol. The molecule has 0 aliphatic carbocycles. The van der Waals surface area contributed by atoms with Gasteiger partial charge in [-0.2, -0.15) is 0 Å². The van der Waals surface area contributed by atoms with Crippen LogP contribution in [0.1, 0.15) is 11.3 Å². The number of anilines is 1. The standard InChI is InChI=1S/C20H18N6OS2/c1-13-6-3-4-8-16(13)26-18(15-7-5-9-21-10-15)24-25-20(26)29-12-17(27)23-19-22-14(2)11-28-19/h3-11H,12H2,1-2H3,(H,22,23,27). The van der Waals surface area contributed by atoms with Crippen LogP contribution in [0.2, 0.25) is 0 Å². The Balaban J connectivity index is 1.62. The van der Waals surface area contributed by atoms with E-state index in [2.05, 4.69) is 25.5 Å². The second-order valence-electron chi connectivity index (χ2n) is 6.30. The number of carbonyl (C=O) groups excluding carboxylic acids is 1. The molecule has 0 saturated carbocycles. The molecule has 4 aromatic rings. The molecule has 4 rings (SSSR count). The molecule has 9 heteroatoms. The van der Waals surface area contributed by atoms with E-state index in [1.54, 1.807) is 12.4 Å². The summed E-state index contributed by atoms with van der Waals surface area (Å²) in [6, 6.07) is 11.8. The van der Waals surface area contributed by atoms with Crippen molar-refractivity contribution in [3.63, 3.8) is 0 Å². The summed E-state index contributed by atoms with van der Waals surface area (Å²) in [5.74, 6) is 0.757. The van der Waals surface area contributed by atoms with Gasteiger partial charge in [0, 0.05) is 23.3 Å². The third kappa shape index (κ3) is 4.36. The summed E-state index contributed by atoms with van der Waals surface area (Å²) in [6.45, 7) is 3.93. The highest BCUT2D eigenvalue weighted by atomic mass is 32.2. The smallest absolute Gasteiger partial charge is 0.236 e. The van der Waals surface area contributed by atoms with E-state index in [-0.39, 0.29) is 11.7 Å². The Morgan fingerprint density at radius 1 is 1.17 bits per heavy atom. The number of nitrogens with one attached hydrogen (secondary N) is 1. The highest BCUT2D eigenvalue weighted by molar-refractivity contribution is 7.99. The summed E-state index contributed by atoms with van der Waals surface area (Å²) in [4.78, 5) is 20.8. The summed E-state index contributed by atoms with van der Waals surface area (Å²) in [5, 5.41) is 14.7. The molecule has 0 bridgehead atoms. The lowest BCUT2D eigenvalue weighted by Crippen LogP contribution is -2.14. The predicted molar refractivity (Wildman–Crippen MR) is 116 cm³/mol. The van der Waals surface area contributed by atoms with Gasteiger partial charge in [-0.15, -0.1) is 21.5 Å². The molecule has 1 N–H and O–H groups in total. The summed E-state index contributed by atoms with van der Waals surface area (Å²) in [7, 11) is 0. The van der Waals surface area contributed by atoms with E-state index in [1.807, 2.05) is 60.2 Å². The largest absolute Gasteiger partial charge is 0.301 e. The first kappa shape index (κ1) is 19.3. The van der Waals surface area contributed by atoms with E-state index in [1.165, 1.54) is 23.1 Å². The van der Waals surface area contributed by atoms with Crippen molar-refractivity contribution in [2.45, 2.75) is 19.0 Å². The van der Waals surface area contributed by atoms with E-state index >= 15 is 0 Å². The van der Waals surface area contributed by atoms with Crippen molar-refractivity contribution in [2.24, 2.45) is 0 Å². The fraction of sp³-hybridized carbons (Fsp3) is 0.150. The van der Waals surface area contributed by atoms with E-state index < -0.39 is 0 Å². The maximum atomic E-state index is 12.4. The van der Waals surface area contributed by atoms with Crippen molar-refractivity contribution in [1.82, 2.24) is 24.7 Å². The van der Waals surface area contributed by atoms with E-state index in [9.17, 15) is 4.79 Å². The zero-order valence-electron chi connectivity index (χ0n) is 15.9. The average molecular weight is 423 g/mol. The van der Waals surface area contributed by atoms with Crippen LogP contribution in [0.5, 0.6) is 0 Å². The number of thioether (sulfide) groups is 1. The molecule has 3 heterocycles. The molecule has 0 unspecified atom stereocenters. The van der Waals surface area contributed by atoms with Gasteiger partial charge in [-0.05, 0) is 37.6 Å². The molecule has 0 spiro atoms. The number of rotatable bonds is 6. The average Bonchev–Trinajstić information content (AvgIpc) is 3.33. The summed E-state index contributed by atoms with van der Waals surface area (Å²) < 4.78 is 1.97. The molecule has 0 atom stereocenters. The molecule has 7 nitrogen and oxygen atoms in total. The molecule has 0 aliphatic heterocycles. The molecule has 0 radical (unpaired) electrons. The lowest BCUT2D eigenvalue weighted by molar-refractivity contribution is -0.113. The Kier molecular flexibility index (Phi) is 5.68. The van der Waals surface area contributed by atoms with Crippen molar-refractivity contribution in [3.05, 3.63) is 65.4 Å². The van der Waals surface area contributed by atoms with Gasteiger partial charge >= 0.3 is 0 Å². The van der Waals surface area contributed by atoms with Gasteiger partial charge in [-0.1, -0.05) is 30.0 Å². The fourth-order valence-electron chi connectivity index (χ4n) is 2.77. The number of aryl methyl sites for hydroxylation is 2. The Morgan fingerprint density at radius 2 is 2.03 bits per heavy atom. The zero-order chi connectivity index (χ0) is 20.2. The number of para-hydroxylation sites is 1. The minimum Gasteiger partial charge on any atom is -0.301 e. The van der Waals surface area contributed by atoms with Gasteiger partial charge in [0.05, 0.1) is 17.1 Å². The van der Waals surface area contributed by atoms with Crippen LogP contribution in [0.25, 0.3) is 17.1 Å². The van der Waals surface area contributed by atoms with Crippen LogP contribution in [-0.4, -0.2) is 36.4 Å². The molecule has 0 saturated heterocycles. The number of hydrogen-bond donors (Lipinski definition) is 1. The van der Waals surface area contributed by atoms with Crippen molar-refractivity contribution in [2.75, 3.05) is 11.1 Å². The molecule has 146 valence electrons. The Morgan fingerprint density at radius 3 is 2.76 bits per heavy atom. The molecule has 29 heavy (non-hydrogen) atoms. The molecule has 1 aromatic carbocycles. The summed E-state index contributed by atoms with van der Waals surface area (Å²) >= 11 is 2.74. The molecule has 0 fully saturated rings. The monoisotopic (exact) mass is 422 g/mol. The van der Waals surface area contributed by atoms with Crippen LogP contribution in [0, 0.1) is 13.8 Å². The van der Waals surface area contributed by atoms with Crippen LogP contribution in [0.3, 0.4) is 0 Å². The Hall–Kier alpha value is -3.04. The topological polar surface area (TPSA) is 85.6 Å². The van der Waals surface area contributed by atoms with Crippen LogP contribution < -0.4 is 5.32 Å². The SMILES string of the molecule is Cc1csc(NC(=O)CSc2nnc(-c3cccnc3)n2-c2ccccc2C)n1. The van der Waals surface area contributed by atoms with Gasteiger partial charge in [0.25, 0.3) is 0 Å². The fourth-order valence-corrected chi connectivity index (χ4v) is 4.22. The summed E-state index contributed by atoms with van der Waals surface area (Å²) in [6.07, 6.45) is 3.48. The Bertz CT molecular complexity index is 1140. The number of nitrogens with zero attached hydrogens (tertiary/aromatic N) is 5. The Labute approximate surface area is 176 Å². The lowest BCUT2D eigenvalue weighted by atomic mass is 10.2. The van der Waals surface area contributed by atoms with Crippen molar-refractivity contribution >= 4 is 34.1 Å². The number of benzene rings is 1. The first-order chi connectivity index (χ1) is 14.1. The normalized spacial score (nSPS) is 10.8. The molecular formula is C20H18N6OS2. The van der Waals surface area contributed by atoms with Gasteiger partial charge in [0.1, 0.15) is 0 Å². The van der Waals surface area contributed by atoms with Gasteiger partial charge in [0.2, 0.25) is 5.91 Å². The second-order valence-corrected chi connectivity index (χ2v) is 8.10. The quantitative estimate of drug-likeness (QED) is 0.470. The van der Waals surface area contributed by atoms with Gasteiger partial charge in [0.15, 0.2) is 16.1 Å². The number of pyridine rings is 1. The minimum absolute atomic E-state index is 0.133. The van der Waals surface area contributed by atoms with Crippen LogP contribution in [0.4, 0.5) is 5.13 Å². The van der Waals surface area contributed by atoms with E-state index in [0.717, 1.165) is 22.5 Å². The predicted octanol–water partition coefficient (Wildman–Crippen LogP) is 4.13. The number of thiazole rings is 1. The maximum Gasteiger partial charge on any atom is 0.236 e. The number of hydrogen-bond acceptors (Lipinski definition) is 7. The number of aromatic nitrogens is 5. The van der Waals surface area contributed by atoms with Crippen LogP contribution >= 0.6 is 23.1 Å². The lowest BCUT2D eigenvalue weighted by Gasteiger charge is -2.12. The van der Waals surface area contributed by atoms with Gasteiger partial charge in [-0.3, -0.25) is 14.3 Å². The second kappa shape index (κ2) is 8.54. The van der Waals surface area contributed by atoms with Gasteiger partial charge in [-0.25, -0.2) is 4.98 Å². The maximum absolute atomic E-state index is 12.4.